The van der Waals surface area contributed by atoms with Crippen LogP contribution in [0.3, 0.4) is 0 Å². The third-order valence-corrected chi connectivity index (χ3v) is 6.04. The van der Waals surface area contributed by atoms with E-state index in [2.05, 4.69) is 5.32 Å². The van der Waals surface area contributed by atoms with Gasteiger partial charge in [-0.25, -0.2) is 0 Å². The van der Waals surface area contributed by atoms with Gasteiger partial charge < -0.3 is 26.0 Å². The summed E-state index contributed by atoms with van der Waals surface area (Å²) < 4.78 is 0. The van der Waals surface area contributed by atoms with Crippen molar-refractivity contribution in [3.8, 4) is 0 Å². The van der Waals surface area contributed by atoms with Crippen molar-refractivity contribution in [3.63, 3.8) is 0 Å². The molecule has 1 aliphatic rings. The topological polar surface area (TPSA) is 157 Å². The summed E-state index contributed by atoms with van der Waals surface area (Å²) >= 11 is 1.36. The van der Waals surface area contributed by atoms with Gasteiger partial charge in [-0.3, -0.25) is 24.6 Å². The molecule has 0 spiro atoms. The maximum Gasteiger partial charge on any atom is 0.313 e. The monoisotopic (exact) mass is 471 g/mol. The molecule has 1 aromatic carbocycles. The van der Waals surface area contributed by atoms with E-state index in [1.54, 1.807) is 29.0 Å². The molecule has 2 unspecified atom stereocenters. The Labute approximate surface area is 194 Å². The number of hydrogen-bond acceptors (Lipinski definition) is 6. The first kappa shape index (κ1) is 23.9. The molecular weight excluding hydrogens is 446 g/mol. The lowest BCUT2D eigenvalue weighted by Crippen LogP contribution is -2.65. The van der Waals surface area contributed by atoms with E-state index in [4.69, 9.17) is 11.1 Å². The van der Waals surface area contributed by atoms with Crippen molar-refractivity contribution in [2.45, 2.75) is 32.0 Å². The number of nitrogen functional groups attached to an aromatic ring is 1. The third kappa shape index (κ3) is 5.37. The van der Waals surface area contributed by atoms with Gasteiger partial charge in [-0.05, 0) is 40.9 Å². The van der Waals surface area contributed by atoms with Crippen molar-refractivity contribution in [2.24, 2.45) is 5.73 Å². The molecule has 3 rings (SSSR count). The molecule has 0 aliphatic carbocycles. The van der Waals surface area contributed by atoms with Gasteiger partial charge in [0.05, 0.1) is 19.0 Å². The van der Waals surface area contributed by atoms with E-state index in [0.717, 1.165) is 0 Å². The Bertz CT molecular complexity index is 1050. The molecule has 2 heterocycles. The van der Waals surface area contributed by atoms with Crippen molar-refractivity contribution in [3.05, 3.63) is 57.8 Å². The van der Waals surface area contributed by atoms with Crippen LogP contribution in [0.4, 0.5) is 0 Å². The number of rotatable bonds is 9. The molecular formula is C22H25N5O5S. The minimum Gasteiger partial charge on any atom is -0.481 e. The number of nitrogens with two attached hydrogens (primary N) is 1. The Morgan fingerprint density at radius 1 is 1.21 bits per heavy atom. The number of benzene rings is 1. The van der Waals surface area contributed by atoms with Crippen LogP contribution in [0, 0.1) is 5.41 Å². The summed E-state index contributed by atoms with van der Waals surface area (Å²) in [5.41, 5.74) is 6.84. The van der Waals surface area contributed by atoms with Crippen LogP contribution in [0.15, 0.2) is 41.1 Å². The molecule has 2 aromatic rings. The maximum atomic E-state index is 12.9. The second-order valence-corrected chi connectivity index (χ2v) is 8.39. The molecule has 0 saturated carbocycles. The van der Waals surface area contributed by atoms with Crippen LogP contribution in [0.2, 0.25) is 0 Å². The van der Waals surface area contributed by atoms with Crippen LogP contribution in [0.25, 0.3) is 0 Å². The lowest BCUT2D eigenvalue weighted by atomic mass is 10.0. The third-order valence-electron chi connectivity index (χ3n) is 5.34. The number of nitrogens with one attached hydrogen (secondary N) is 2. The fraction of sp³-hybridized carbons (Fsp3) is 0.318. The summed E-state index contributed by atoms with van der Waals surface area (Å²) in [6, 6.07) is 7.01. The predicted molar refractivity (Wildman–Crippen MR) is 122 cm³/mol. The first-order chi connectivity index (χ1) is 15.7. The number of aliphatic carboxylic acids is 1. The summed E-state index contributed by atoms with van der Waals surface area (Å²) in [6.45, 7) is 2.06. The molecule has 33 heavy (non-hydrogen) atoms. The van der Waals surface area contributed by atoms with Crippen molar-refractivity contribution < 1.29 is 24.3 Å². The summed E-state index contributed by atoms with van der Waals surface area (Å²) in [5, 5.41) is 23.2. The van der Waals surface area contributed by atoms with E-state index in [9.17, 15) is 24.3 Å². The highest BCUT2D eigenvalue weighted by Crippen LogP contribution is 2.29. The number of carboxylic acids is 1. The lowest BCUT2D eigenvalue weighted by Gasteiger charge is -2.43. The normalized spacial score (nSPS) is 17.1. The first-order valence-corrected chi connectivity index (χ1v) is 11.3. The van der Waals surface area contributed by atoms with E-state index in [1.165, 1.54) is 33.3 Å². The van der Waals surface area contributed by atoms with Crippen LogP contribution >= 0.6 is 11.3 Å². The Balaban J connectivity index is 1.88. The lowest BCUT2D eigenvalue weighted by molar-refractivity contribution is -0.162. The van der Waals surface area contributed by atoms with Gasteiger partial charge in [0, 0.05) is 17.7 Å². The van der Waals surface area contributed by atoms with Gasteiger partial charge in [-0.1, -0.05) is 19.1 Å². The fourth-order valence-electron chi connectivity index (χ4n) is 3.72. The van der Waals surface area contributed by atoms with Crippen molar-refractivity contribution in [2.75, 3.05) is 13.1 Å². The molecule has 5 N–H and O–H groups in total. The maximum absolute atomic E-state index is 12.9. The van der Waals surface area contributed by atoms with Gasteiger partial charge in [-0.2, -0.15) is 11.3 Å². The van der Waals surface area contributed by atoms with E-state index in [-0.39, 0.29) is 25.3 Å². The SMILES string of the molecule is CCCN1C(=O)C(=O)N(C(CC(=O)O)c2ccsc2)CC1NC(=O)c1ccc(C(=N)N)cc1. The van der Waals surface area contributed by atoms with Crippen molar-refractivity contribution in [1.82, 2.24) is 15.1 Å². The molecule has 1 aromatic heterocycles. The summed E-state index contributed by atoms with van der Waals surface area (Å²) in [5.74, 6) is -3.28. The molecule has 2 atom stereocenters. The standard InChI is InChI=1S/C22H25N5O5S/c1-2-8-26-17(25-20(30)14-5-3-13(4-6-14)19(23)24)11-27(22(32)21(26)31)16(10-18(28)29)15-7-9-33-12-15/h3-7,9,12,16-17H,2,8,10-11H2,1H3,(H3,23,24)(H,25,30)(H,28,29). The van der Waals surface area contributed by atoms with Crippen LogP contribution in [0.5, 0.6) is 0 Å². The van der Waals surface area contributed by atoms with Crippen molar-refractivity contribution >= 4 is 40.9 Å². The zero-order valence-corrected chi connectivity index (χ0v) is 18.8. The Morgan fingerprint density at radius 3 is 2.42 bits per heavy atom. The number of amides is 3. The second kappa shape index (κ2) is 10.3. The fourth-order valence-corrected chi connectivity index (χ4v) is 4.43. The van der Waals surface area contributed by atoms with Gasteiger partial charge in [0.1, 0.15) is 12.0 Å². The number of carbonyl (C=O) groups is 4. The molecule has 10 nitrogen and oxygen atoms in total. The van der Waals surface area contributed by atoms with E-state index < -0.39 is 35.9 Å². The minimum absolute atomic E-state index is 0.0460. The molecule has 174 valence electrons. The molecule has 0 bridgehead atoms. The molecule has 1 aliphatic heterocycles. The van der Waals surface area contributed by atoms with E-state index in [0.29, 0.717) is 23.1 Å². The number of nitrogens with zero attached hydrogens (tertiary/aromatic N) is 2. The van der Waals surface area contributed by atoms with Gasteiger partial charge in [-0.15, -0.1) is 0 Å². The van der Waals surface area contributed by atoms with Gasteiger partial charge in [0.25, 0.3) is 5.91 Å². The number of carboxylic acid groups (broad SMARTS) is 1. The van der Waals surface area contributed by atoms with E-state index in [1.807, 2.05) is 6.92 Å². The van der Waals surface area contributed by atoms with Gasteiger partial charge >= 0.3 is 17.8 Å². The molecule has 0 radical (unpaired) electrons. The summed E-state index contributed by atoms with van der Waals surface area (Å²) in [7, 11) is 0. The quantitative estimate of drug-likeness (QED) is 0.246. The molecule has 11 heteroatoms. The molecule has 1 fully saturated rings. The first-order valence-electron chi connectivity index (χ1n) is 10.3. The van der Waals surface area contributed by atoms with Crippen LogP contribution in [0.1, 0.15) is 47.3 Å². The number of piperazine rings is 1. The highest BCUT2D eigenvalue weighted by Gasteiger charge is 2.43. The number of thiophene rings is 1. The number of hydrogen-bond donors (Lipinski definition) is 4. The Hall–Kier alpha value is -3.73. The zero-order chi connectivity index (χ0) is 24.1. The predicted octanol–water partition coefficient (Wildman–Crippen LogP) is 1.38. The summed E-state index contributed by atoms with van der Waals surface area (Å²) in [4.78, 5) is 52.8. The van der Waals surface area contributed by atoms with Crippen LogP contribution in [-0.4, -0.2) is 63.7 Å². The highest BCUT2D eigenvalue weighted by molar-refractivity contribution is 7.08. The minimum atomic E-state index is -1.10. The smallest absolute Gasteiger partial charge is 0.313 e. The Kier molecular flexibility index (Phi) is 7.44. The number of amidine groups is 1. The average molecular weight is 472 g/mol. The highest BCUT2D eigenvalue weighted by atomic mass is 32.1. The van der Waals surface area contributed by atoms with Gasteiger partial charge in [0.2, 0.25) is 0 Å². The largest absolute Gasteiger partial charge is 0.481 e. The zero-order valence-electron chi connectivity index (χ0n) is 18.0. The number of carbonyl (C=O) groups excluding carboxylic acids is 3. The second-order valence-electron chi connectivity index (χ2n) is 7.61. The Morgan fingerprint density at radius 2 is 1.88 bits per heavy atom. The molecule has 3 amide bonds. The van der Waals surface area contributed by atoms with Gasteiger partial charge in [0.15, 0.2) is 0 Å². The molecule has 1 saturated heterocycles. The van der Waals surface area contributed by atoms with E-state index >= 15 is 0 Å². The van der Waals surface area contributed by atoms with Crippen LogP contribution in [-0.2, 0) is 14.4 Å². The van der Waals surface area contributed by atoms with Crippen LogP contribution < -0.4 is 11.1 Å². The summed E-state index contributed by atoms with van der Waals surface area (Å²) in [6.07, 6.45) is -0.622. The average Bonchev–Trinajstić information content (AvgIpc) is 3.32. The van der Waals surface area contributed by atoms with Crippen molar-refractivity contribution in [1.29, 1.82) is 5.41 Å².